The summed E-state index contributed by atoms with van der Waals surface area (Å²) in [6.07, 6.45) is 57.2. The molecule has 0 aromatic rings. The molecule has 0 N–H and O–H groups in total. The molecule has 0 saturated heterocycles. The normalized spacial score (nSPS) is 12.8. The highest BCUT2D eigenvalue weighted by Crippen LogP contribution is 2.11. The van der Waals surface area contributed by atoms with Crippen LogP contribution in [0.15, 0.2) is 85.1 Å². The largest absolute Gasteiger partial charge is 0.462 e. The summed E-state index contributed by atoms with van der Waals surface area (Å²) in [5, 5.41) is 0. The first-order valence-corrected chi connectivity index (χ1v) is 23.1. The van der Waals surface area contributed by atoms with Gasteiger partial charge < -0.3 is 14.2 Å². The summed E-state index contributed by atoms with van der Waals surface area (Å²) < 4.78 is 16.6. The summed E-state index contributed by atoms with van der Waals surface area (Å²) in [6.45, 7) is 6.36. The smallest absolute Gasteiger partial charge is 0.306 e. The van der Waals surface area contributed by atoms with Gasteiger partial charge in [0.05, 0.1) is 0 Å². The Hall–Kier alpha value is -3.41. The summed E-state index contributed by atoms with van der Waals surface area (Å²) in [4.78, 5) is 37.7. The molecule has 1 atom stereocenters. The van der Waals surface area contributed by atoms with E-state index in [1.165, 1.54) is 77.0 Å². The van der Waals surface area contributed by atoms with Crippen LogP contribution in [-0.2, 0) is 28.6 Å². The van der Waals surface area contributed by atoms with E-state index in [0.717, 1.165) is 77.0 Å². The first-order valence-electron chi connectivity index (χ1n) is 23.1. The second-order valence-corrected chi connectivity index (χ2v) is 15.0. The zero-order chi connectivity index (χ0) is 41.5. The molecule has 0 saturated carbocycles. The third-order valence-electron chi connectivity index (χ3n) is 9.46. The number of rotatable bonds is 40. The topological polar surface area (TPSA) is 78.9 Å². The molecule has 1 unspecified atom stereocenters. The second kappa shape index (κ2) is 45.3. The highest BCUT2D eigenvalue weighted by Gasteiger charge is 2.19. The molecule has 0 fully saturated rings. The Bertz CT molecular complexity index is 1140. The Morgan fingerprint density at radius 3 is 1.30 bits per heavy atom. The van der Waals surface area contributed by atoms with Gasteiger partial charge in [-0.15, -0.1) is 0 Å². The highest BCUT2D eigenvalue weighted by atomic mass is 16.6. The van der Waals surface area contributed by atoms with Crippen LogP contribution in [0.25, 0.3) is 0 Å². The van der Waals surface area contributed by atoms with Gasteiger partial charge in [0.2, 0.25) is 0 Å². The Labute approximate surface area is 350 Å². The van der Waals surface area contributed by atoms with Crippen LogP contribution in [0.2, 0.25) is 0 Å². The zero-order valence-corrected chi connectivity index (χ0v) is 36.8. The van der Waals surface area contributed by atoms with Crippen molar-refractivity contribution >= 4 is 17.9 Å². The quantitative estimate of drug-likeness (QED) is 0.0202. The van der Waals surface area contributed by atoms with Crippen LogP contribution in [0.5, 0.6) is 0 Å². The van der Waals surface area contributed by atoms with Gasteiger partial charge in [-0.05, 0) is 83.5 Å². The third kappa shape index (κ3) is 43.6. The maximum Gasteiger partial charge on any atom is 0.306 e. The molecule has 0 bridgehead atoms. The molecule has 324 valence electrons. The van der Waals surface area contributed by atoms with Crippen molar-refractivity contribution in [3.8, 4) is 0 Å². The summed E-state index contributed by atoms with van der Waals surface area (Å²) in [6, 6.07) is 0. The Balaban J connectivity index is 4.56. The molecule has 0 heterocycles. The van der Waals surface area contributed by atoms with E-state index in [2.05, 4.69) is 63.3 Å². The SMILES string of the molecule is CC/C=C/C=C/C=C/C=C/CCCCCC(=O)OCC(COC(=O)CCCCC/C=C/CCCCCCCC)OC(=O)CC/C=C/C/C=C/CCCCCCCC. The van der Waals surface area contributed by atoms with Crippen LogP contribution in [0.3, 0.4) is 0 Å². The summed E-state index contributed by atoms with van der Waals surface area (Å²) in [7, 11) is 0. The Morgan fingerprint density at radius 2 is 0.789 bits per heavy atom. The van der Waals surface area contributed by atoms with Crippen molar-refractivity contribution in [3.05, 3.63) is 85.1 Å². The minimum absolute atomic E-state index is 0.121. The van der Waals surface area contributed by atoms with Gasteiger partial charge in [0.1, 0.15) is 13.2 Å². The van der Waals surface area contributed by atoms with E-state index in [0.29, 0.717) is 19.3 Å². The predicted molar refractivity (Wildman–Crippen MR) is 242 cm³/mol. The van der Waals surface area contributed by atoms with Gasteiger partial charge in [0, 0.05) is 19.3 Å². The van der Waals surface area contributed by atoms with E-state index in [-0.39, 0.29) is 31.6 Å². The van der Waals surface area contributed by atoms with Gasteiger partial charge in [-0.25, -0.2) is 0 Å². The average Bonchev–Trinajstić information content (AvgIpc) is 3.21. The minimum Gasteiger partial charge on any atom is -0.462 e. The lowest BCUT2D eigenvalue weighted by molar-refractivity contribution is -0.166. The highest BCUT2D eigenvalue weighted by molar-refractivity contribution is 5.71. The number of carbonyl (C=O) groups excluding carboxylic acids is 3. The monoisotopic (exact) mass is 793 g/mol. The minimum atomic E-state index is -0.827. The van der Waals surface area contributed by atoms with Crippen molar-refractivity contribution in [2.75, 3.05) is 13.2 Å². The molecule has 0 aliphatic heterocycles. The lowest BCUT2D eigenvalue weighted by Gasteiger charge is -2.18. The molecular weight excluding hydrogens is 709 g/mol. The van der Waals surface area contributed by atoms with Gasteiger partial charge in [0.15, 0.2) is 6.10 Å². The molecule has 0 amide bonds. The van der Waals surface area contributed by atoms with E-state index < -0.39 is 12.1 Å². The molecule has 6 heteroatoms. The van der Waals surface area contributed by atoms with Crippen LogP contribution < -0.4 is 0 Å². The number of esters is 3. The fourth-order valence-corrected chi connectivity index (χ4v) is 5.97. The molecular formula is C51H84O6. The van der Waals surface area contributed by atoms with Crippen LogP contribution in [0.1, 0.15) is 201 Å². The van der Waals surface area contributed by atoms with E-state index >= 15 is 0 Å². The molecule has 0 aliphatic carbocycles. The van der Waals surface area contributed by atoms with E-state index in [9.17, 15) is 14.4 Å². The lowest BCUT2D eigenvalue weighted by atomic mass is 10.1. The van der Waals surface area contributed by atoms with Crippen molar-refractivity contribution < 1.29 is 28.6 Å². The number of unbranched alkanes of at least 4 members (excludes halogenated alkanes) is 18. The molecule has 0 aliphatic rings. The Morgan fingerprint density at radius 1 is 0.386 bits per heavy atom. The van der Waals surface area contributed by atoms with E-state index in [4.69, 9.17) is 14.2 Å². The van der Waals surface area contributed by atoms with Crippen molar-refractivity contribution in [1.82, 2.24) is 0 Å². The number of ether oxygens (including phenoxy) is 3. The van der Waals surface area contributed by atoms with Crippen LogP contribution >= 0.6 is 0 Å². The van der Waals surface area contributed by atoms with E-state index in [1.807, 2.05) is 42.5 Å². The first kappa shape index (κ1) is 53.6. The molecule has 0 radical (unpaired) electrons. The van der Waals surface area contributed by atoms with Crippen molar-refractivity contribution in [3.63, 3.8) is 0 Å². The maximum absolute atomic E-state index is 12.7. The lowest BCUT2D eigenvalue weighted by Crippen LogP contribution is -2.30. The van der Waals surface area contributed by atoms with Gasteiger partial charge in [0.25, 0.3) is 0 Å². The second-order valence-electron chi connectivity index (χ2n) is 15.0. The average molecular weight is 793 g/mol. The standard InChI is InChI=1S/C51H84O6/c1-4-7-10-13-16-19-22-25-28-31-34-37-40-43-49(52)55-46-48(57-51(54)45-42-39-36-33-30-27-24-21-18-15-12-9-6-3)47-56-50(53)44-41-38-35-32-29-26-23-20-17-14-11-8-5-2/h7,10,13,16,19,22,25-30,36,39,48H,4-6,8-9,11-12,14-15,17-18,20-21,23-24,31-35,37-38,40-47H2,1-3H3/b10-7+,16-13+,22-19+,28-25+,29-26+,30-27+,39-36+. The van der Waals surface area contributed by atoms with E-state index in [1.54, 1.807) is 0 Å². The zero-order valence-electron chi connectivity index (χ0n) is 36.8. The number of allylic oxidation sites excluding steroid dienone is 14. The number of hydrogen-bond acceptors (Lipinski definition) is 6. The first-order chi connectivity index (χ1) is 28.0. The van der Waals surface area contributed by atoms with Crippen LogP contribution in [0.4, 0.5) is 0 Å². The molecule has 0 spiro atoms. The predicted octanol–water partition coefficient (Wildman–Crippen LogP) is 14.9. The molecule has 6 nitrogen and oxygen atoms in total. The summed E-state index contributed by atoms with van der Waals surface area (Å²) in [5.74, 6) is -1.05. The molecule has 0 aromatic heterocycles. The Kier molecular flexibility index (Phi) is 42.6. The third-order valence-corrected chi connectivity index (χ3v) is 9.46. The van der Waals surface area contributed by atoms with Crippen molar-refractivity contribution in [2.45, 2.75) is 207 Å². The number of hydrogen-bond donors (Lipinski definition) is 0. The molecule has 0 aromatic carbocycles. The van der Waals surface area contributed by atoms with Crippen LogP contribution in [-0.4, -0.2) is 37.2 Å². The fourth-order valence-electron chi connectivity index (χ4n) is 5.97. The van der Waals surface area contributed by atoms with Gasteiger partial charge >= 0.3 is 17.9 Å². The molecule has 57 heavy (non-hydrogen) atoms. The van der Waals surface area contributed by atoms with Crippen molar-refractivity contribution in [2.24, 2.45) is 0 Å². The summed E-state index contributed by atoms with van der Waals surface area (Å²) in [5.41, 5.74) is 0. The fraction of sp³-hybridized carbons (Fsp3) is 0.667. The van der Waals surface area contributed by atoms with Gasteiger partial charge in [-0.1, -0.05) is 183 Å². The molecule has 0 rings (SSSR count). The van der Waals surface area contributed by atoms with Gasteiger partial charge in [-0.2, -0.15) is 0 Å². The van der Waals surface area contributed by atoms with Crippen molar-refractivity contribution in [1.29, 1.82) is 0 Å². The number of carbonyl (C=O) groups is 3. The summed E-state index contributed by atoms with van der Waals surface area (Å²) >= 11 is 0. The van der Waals surface area contributed by atoms with Gasteiger partial charge in [-0.3, -0.25) is 14.4 Å². The maximum atomic E-state index is 12.7. The van der Waals surface area contributed by atoms with Crippen LogP contribution in [0, 0.1) is 0 Å².